The van der Waals surface area contributed by atoms with E-state index in [0.717, 1.165) is 11.6 Å². The molecule has 4 aromatic rings. The highest BCUT2D eigenvalue weighted by Gasteiger charge is 2.25. The monoisotopic (exact) mass is 482 g/mol. The molecule has 2 heterocycles. The number of Topliss-reactive ketones (excluding diaryl/α,β-unsaturated/α-hetero) is 1. The first-order chi connectivity index (χ1) is 16.8. The van der Waals surface area contributed by atoms with Gasteiger partial charge in [-0.3, -0.25) is 14.0 Å². The van der Waals surface area contributed by atoms with E-state index in [1.165, 1.54) is 10.5 Å². The number of rotatable bonds is 9. The van der Waals surface area contributed by atoms with Gasteiger partial charge in [0.15, 0.2) is 28.8 Å². The normalized spacial score (nSPS) is 12.0. The first kappa shape index (κ1) is 24.0. The number of fused-ring (bicyclic) bond motifs is 1. The number of ketones is 1. The summed E-state index contributed by atoms with van der Waals surface area (Å²) in [5.41, 5.74) is 1.04. The minimum absolute atomic E-state index is 0.0598. The number of aromatic nitrogens is 2. The molecule has 0 spiro atoms. The number of benzene rings is 2. The van der Waals surface area contributed by atoms with E-state index in [-0.39, 0.29) is 35.7 Å². The second kappa shape index (κ2) is 10.0. The Bertz CT molecular complexity index is 1400. The molecule has 2 aromatic heterocycles. The van der Waals surface area contributed by atoms with Crippen molar-refractivity contribution in [2.45, 2.75) is 32.3 Å². The van der Waals surface area contributed by atoms with Gasteiger partial charge >= 0.3 is 5.97 Å². The van der Waals surface area contributed by atoms with Crippen molar-refractivity contribution in [2.24, 2.45) is 0 Å². The van der Waals surface area contributed by atoms with Crippen LogP contribution in [0.1, 0.15) is 46.1 Å². The Balaban J connectivity index is 1.63. The summed E-state index contributed by atoms with van der Waals surface area (Å²) in [7, 11) is 0. The summed E-state index contributed by atoms with van der Waals surface area (Å²) in [4.78, 5) is 29.1. The van der Waals surface area contributed by atoms with Crippen LogP contribution >= 0.6 is 0 Å². The number of aliphatic carboxylic acids is 1. The molecule has 0 aliphatic heterocycles. The molecule has 9 heteroatoms. The van der Waals surface area contributed by atoms with E-state index in [4.69, 9.17) is 4.74 Å². The maximum Gasteiger partial charge on any atom is 0.303 e. The first-order valence-corrected chi connectivity index (χ1v) is 10.8. The Labute approximate surface area is 198 Å². The van der Waals surface area contributed by atoms with E-state index in [0.29, 0.717) is 11.8 Å². The summed E-state index contributed by atoms with van der Waals surface area (Å²) < 4.78 is 48.5. The molecule has 1 atom stereocenters. The molecule has 0 radical (unpaired) electrons. The summed E-state index contributed by atoms with van der Waals surface area (Å²) in [6.45, 7) is 1.05. The third kappa shape index (κ3) is 5.03. The van der Waals surface area contributed by atoms with E-state index in [2.05, 4.69) is 4.98 Å². The van der Waals surface area contributed by atoms with Gasteiger partial charge in [0, 0.05) is 18.5 Å². The minimum atomic E-state index is -1.34. The van der Waals surface area contributed by atoms with Gasteiger partial charge in [-0.1, -0.05) is 30.3 Å². The summed E-state index contributed by atoms with van der Waals surface area (Å²) in [5.74, 6) is -5.21. The smallest absolute Gasteiger partial charge is 0.303 e. The molecule has 0 aliphatic rings. The Hall–Kier alpha value is -4.14. The molecule has 1 unspecified atom stereocenters. The molecule has 0 saturated carbocycles. The van der Waals surface area contributed by atoms with Crippen LogP contribution < -0.4 is 4.74 Å². The number of pyridine rings is 1. The second-order valence-corrected chi connectivity index (χ2v) is 8.06. The van der Waals surface area contributed by atoms with Gasteiger partial charge in [0.1, 0.15) is 18.1 Å². The second-order valence-electron chi connectivity index (χ2n) is 8.06. The molecular weight excluding hydrogens is 461 g/mol. The number of carboxylic acid groups (broad SMARTS) is 1. The van der Waals surface area contributed by atoms with Gasteiger partial charge in [0.2, 0.25) is 0 Å². The van der Waals surface area contributed by atoms with Gasteiger partial charge in [-0.2, -0.15) is 0 Å². The minimum Gasteiger partial charge on any atom is -0.485 e. The van der Waals surface area contributed by atoms with E-state index in [1.54, 1.807) is 49.5 Å². The number of carbonyl (C=O) groups excluding carboxylic acids is 1. The zero-order valence-electron chi connectivity index (χ0n) is 18.7. The third-order valence-electron chi connectivity index (χ3n) is 5.69. The molecule has 2 aromatic carbocycles. The molecule has 4 rings (SSSR count). The van der Waals surface area contributed by atoms with Crippen LogP contribution in [0.4, 0.5) is 13.2 Å². The molecular formula is C26H21F3N2O4. The highest BCUT2D eigenvalue weighted by atomic mass is 19.2. The van der Waals surface area contributed by atoms with E-state index >= 15 is 0 Å². The summed E-state index contributed by atoms with van der Waals surface area (Å²) in [6, 6.07) is 13.5. The first-order valence-electron chi connectivity index (χ1n) is 10.8. The Morgan fingerprint density at radius 1 is 1.00 bits per heavy atom. The standard InChI is InChI=1S/C26H21F3N2O4/c1-15-25(21(32)12-17(13-23(33)34)16-6-3-2-4-7-16)31-11-5-8-22(26(31)30-15)35-14-18-19(27)9-10-20(28)24(18)29/h2-11,17H,12-14H2,1H3,(H,33,34). The Morgan fingerprint density at radius 2 is 1.71 bits per heavy atom. The molecule has 0 bridgehead atoms. The van der Waals surface area contributed by atoms with Crippen molar-refractivity contribution in [3.8, 4) is 5.75 Å². The molecule has 0 saturated heterocycles. The van der Waals surface area contributed by atoms with Crippen LogP contribution in [0, 0.1) is 24.4 Å². The van der Waals surface area contributed by atoms with E-state index in [9.17, 15) is 27.9 Å². The fourth-order valence-electron chi connectivity index (χ4n) is 4.02. The molecule has 1 N–H and O–H groups in total. The molecule has 0 aliphatic carbocycles. The zero-order chi connectivity index (χ0) is 25.1. The number of hydrogen-bond donors (Lipinski definition) is 1. The van der Waals surface area contributed by atoms with Crippen LogP contribution in [0.15, 0.2) is 60.8 Å². The molecule has 0 amide bonds. The highest BCUT2D eigenvalue weighted by molar-refractivity contribution is 5.97. The van der Waals surface area contributed by atoms with Gasteiger partial charge in [0.05, 0.1) is 17.7 Å². The molecule has 35 heavy (non-hydrogen) atoms. The molecule has 6 nitrogen and oxygen atoms in total. The van der Waals surface area contributed by atoms with Crippen molar-refractivity contribution in [1.29, 1.82) is 0 Å². The predicted octanol–water partition coefficient (Wildman–Crippen LogP) is 5.47. The maximum atomic E-state index is 14.0. The number of halogens is 3. The number of carboxylic acids is 1. The van der Waals surface area contributed by atoms with Crippen LogP contribution in [0.5, 0.6) is 5.75 Å². The van der Waals surface area contributed by atoms with Crippen LogP contribution in [0.3, 0.4) is 0 Å². The molecule has 180 valence electrons. The molecule has 0 fully saturated rings. The fourth-order valence-corrected chi connectivity index (χ4v) is 4.02. The fraction of sp³-hybridized carbons (Fsp3) is 0.192. The summed E-state index contributed by atoms with van der Waals surface area (Å²) >= 11 is 0. The van der Waals surface area contributed by atoms with E-state index < -0.39 is 41.5 Å². The van der Waals surface area contributed by atoms with Gasteiger partial charge < -0.3 is 9.84 Å². The van der Waals surface area contributed by atoms with Gasteiger partial charge in [-0.25, -0.2) is 18.2 Å². The number of carbonyl (C=O) groups is 2. The third-order valence-corrected chi connectivity index (χ3v) is 5.69. The summed E-state index contributed by atoms with van der Waals surface area (Å²) in [5, 5.41) is 9.34. The van der Waals surface area contributed by atoms with Crippen LogP contribution in [-0.2, 0) is 11.4 Å². The van der Waals surface area contributed by atoms with Crippen molar-refractivity contribution in [3.63, 3.8) is 0 Å². The van der Waals surface area contributed by atoms with Crippen molar-refractivity contribution in [3.05, 3.63) is 101 Å². The van der Waals surface area contributed by atoms with Crippen LogP contribution in [-0.4, -0.2) is 26.2 Å². The van der Waals surface area contributed by atoms with Crippen molar-refractivity contribution >= 4 is 17.4 Å². The highest BCUT2D eigenvalue weighted by Crippen LogP contribution is 2.29. The van der Waals surface area contributed by atoms with Crippen molar-refractivity contribution in [2.75, 3.05) is 0 Å². The quantitative estimate of drug-likeness (QED) is 0.253. The van der Waals surface area contributed by atoms with Crippen LogP contribution in [0.2, 0.25) is 0 Å². The lowest BCUT2D eigenvalue weighted by atomic mass is 9.90. The number of aryl methyl sites for hydroxylation is 1. The van der Waals surface area contributed by atoms with E-state index in [1.807, 2.05) is 0 Å². The van der Waals surface area contributed by atoms with Crippen LogP contribution in [0.25, 0.3) is 5.65 Å². The summed E-state index contributed by atoms with van der Waals surface area (Å²) in [6.07, 6.45) is 1.31. The number of nitrogens with zero attached hydrogens (tertiary/aromatic N) is 2. The lowest BCUT2D eigenvalue weighted by Gasteiger charge is -2.15. The van der Waals surface area contributed by atoms with Crippen molar-refractivity contribution in [1.82, 2.24) is 9.38 Å². The average Bonchev–Trinajstić information content (AvgIpc) is 3.18. The lowest BCUT2D eigenvalue weighted by Crippen LogP contribution is -2.14. The Morgan fingerprint density at radius 3 is 2.43 bits per heavy atom. The lowest BCUT2D eigenvalue weighted by molar-refractivity contribution is -0.137. The number of ether oxygens (including phenoxy) is 1. The maximum absolute atomic E-state index is 14.0. The van der Waals surface area contributed by atoms with Gasteiger partial charge in [-0.15, -0.1) is 0 Å². The SMILES string of the molecule is Cc1nc2c(OCc3c(F)ccc(F)c3F)cccn2c1C(=O)CC(CC(=O)O)c1ccccc1. The Kier molecular flexibility index (Phi) is 6.86. The van der Waals surface area contributed by atoms with Gasteiger partial charge in [-0.05, 0) is 36.8 Å². The predicted molar refractivity (Wildman–Crippen MR) is 121 cm³/mol. The number of imidazole rings is 1. The van der Waals surface area contributed by atoms with Gasteiger partial charge in [0.25, 0.3) is 0 Å². The largest absolute Gasteiger partial charge is 0.485 e. The number of hydrogen-bond acceptors (Lipinski definition) is 4. The zero-order valence-corrected chi connectivity index (χ0v) is 18.7. The topological polar surface area (TPSA) is 80.9 Å². The average molecular weight is 482 g/mol. The van der Waals surface area contributed by atoms with Crippen molar-refractivity contribution < 1.29 is 32.6 Å².